The fourth-order valence-corrected chi connectivity index (χ4v) is 2.62. The maximum atomic E-state index is 8.97. The van der Waals surface area contributed by atoms with Crippen LogP contribution in [0.1, 0.15) is 24.8 Å². The van der Waals surface area contributed by atoms with Gasteiger partial charge in [-0.25, -0.2) is 9.97 Å². The van der Waals surface area contributed by atoms with Crippen molar-refractivity contribution in [2.75, 3.05) is 5.73 Å². The van der Waals surface area contributed by atoms with Gasteiger partial charge < -0.3 is 16.7 Å². The summed E-state index contributed by atoms with van der Waals surface area (Å²) in [4.78, 5) is 12.6. The summed E-state index contributed by atoms with van der Waals surface area (Å²) >= 11 is 0. The standard InChI is InChI=1S/C14H16N6O/c15-12-8-18-11(7-19-12)10-3-2-9(6-17-10)14(4-1-5-14)13(16)20-21/h2-3,6-8,21H,1,4-5H2,(H2,15,19)(H2,16,20). The molecule has 1 saturated carbocycles. The summed E-state index contributed by atoms with van der Waals surface area (Å²) < 4.78 is 0. The van der Waals surface area contributed by atoms with Gasteiger partial charge in [0.25, 0.3) is 0 Å². The van der Waals surface area contributed by atoms with Crippen molar-refractivity contribution >= 4 is 11.7 Å². The molecule has 7 nitrogen and oxygen atoms in total. The maximum Gasteiger partial charge on any atom is 0.149 e. The van der Waals surface area contributed by atoms with Gasteiger partial charge in [0, 0.05) is 6.20 Å². The summed E-state index contributed by atoms with van der Waals surface area (Å²) in [6.07, 6.45) is 7.62. The second-order valence-corrected chi connectivity index (χ2v) is 5.18. The van der Waals surface area contributed by atoms with Crippen molar-refractivity contribution in [1.29, 1.82) is 0 Å². The van der Waals surface area contributed by atoms with Gasteiger partial charge in [-0.1, -0.05) is 17.6 Å². The Morgan fingerprint density at radius 3 is 2.33 bits per heavy atom. The van der Waals surface area contributed by atoms with E-state index in [1.54, 1.807) is 12.4 Å². The lowest BCUT2D eigenvalue weighted by molar-refractivity contribution is 0.286. The van der Waals surface area contributed by atoms with Gasteiger partial charge in [0.15, 0.2) is 0 Å². The number of amidine groups is 1. The normalized spacial score (nSPS) is 17.2. The number of pyridine rings is 1. The van der Waals surface area contributed by atoms with Gasteiger partial charge in [-0.05, 0) is 24.5 Å². The van der Waals surface area contributed by atoms with E-state index in [2.05, 4.69) is 20.1 Å². The van der Waals surface area contributed by atoms with Crippen molar-refractivity contribution in [3.8, 4) is 11.4 Å². The number of nitrogens with zero attached hydrogens (tertiary/aromatic N) is 4. The van der Waals surface area contributed by atoms with Crippen LogP contribution in [0.4, 0.5) is 5.82 Å². The Morgan fingerprint density at radius 1 is 1.10 bits per heavy atom. The van der Waals surface area contributed by atoms with Crippen molar-refractivity contribution in [3.63, 3.8) is 0 Å². The van der Waals surface area contributed by atoms with E-state index < -0.39 is 0 Å². The number of oxime groups is 1. The molecule has 2 aromatic rings. The van der Waals surface area contributed by atoms with Gasteiger partial charge >= 0.3 is 0 Å². The first kappa shape index (κ1) is 13.3. The Balaban J connectivity index is 1.92. The van der Waals surface area contributed by atoms with Gasteiger partial charge in [-0.15, -0.1) is 0 Å². The molecule has 0 spiro atoms. The summed E-state index contributed by atoms with van der Waals surface area (Å²) in [5, 5.41) is 12.1. The molecule has 0 saturated heterocycles. The lowest BCUT2D eigenvalue weighted by Crippen LogP contribution is -2.47. The van der Waals surface area contributed by atoms with Gasteiger partial charge in [0.2, 0.25) is 0 Å². The molecular weight excluding hydrogens is 268 g/mol. The highest BCUT2D eigenvalue weighted by Crippen LogP contribution is 2.43. The highest BCUT2D eigenvalue weighted by Gasteiger charge is 2.43. The minimum Gasteiger partial charge on any atom is -0.409 e. The van der Waals surface area contributed by atoms with Gasteiger partial charge in [-0.2, -0.15) is 0 Å². The molecule has 0 aliphatic heterocycles. The van der Waals surface area contributed by atoms with E-state index in [4.69, 9.17) is 16.7 Å². The second kappa shape index (κ2) is 5.01. The van der Waals surface area contributed by atoms with Crippen LogP contribution in [0.5, 0.6) is 0 Å². The Kier molecular flexibility index (Phi) is 3.17. The molecule has 0 atom stereocenters. The fraction of sp³-hybridized carbons (Fsp3) is 0.286. The Labute approximate surface area is 121 Å². The summed E-state index contributed by atoms with van der Waals surface area (Å²) in [6.45, 7) is 0. The molecule has 5 N–H and O–H groups in total. The van der Waals surface area contributed by atoms with E-state index in [1.807, 2.05) is 12.1 Å². The van der Waals surface area contributed by atoms with Crippen LogP contribution in [0.15, 0.2) is 35.9 Å². The largest absolute Gasteiger partial charge is 0.409 e. The minimum atomic E-state index is -0.382. The predicted octanol–water partition coefficient (Wildman–Crippen LogP) is 1.29. The maximum absolute atomic E-state index is 8.97. The molecule has 0 radical (unpaired) electrons. The van der Waals surface area contributed by atoms with E-state index in [1.165, 1.54) is 6.20 Å². The third-order valence-electron chi connectivity index (χ3n) is 4.06. The minimum absolute atomic E-state index is 0.246. The molecule has 2 aromatic heterocycles. The van der Waals surface area contributed by atoms with Crippen molar-refractivity contribution in [1.82, 2.24) is 15.0 Å². The zero-order chi connectivity index (χ0) is 14.9. The SMILES string of the molecule is N/C(=N\O)C1(c2ccc(-c3cnc(N)cn3)nc2)CCC1. The molecule has 108 valence electrons. The van der Waals surface area contributed by atoms with Crippen LogP contribution in [0.25, 0.3) is 11.4 Å². The number of rotatable bonds is 3. The highest BCUT2D eigenvalue weighted by atomic mass is 16.4. The summed E-state index contributed by atoms with van der Waals surface area (Å²) in [7, 11) is 0. The Morgan fingerprint density at radius 2 is 1.86 bits per heavy atom. The first-order valence-corrected chi connectivity index (χ1v) is 6.68. The number of nitrogens with two attached hydrogens (primary N) is 2. The monoisotopic (exact) mass is 284 g/mol. The number of hydrogen-bond acceptors (Lipinski definition) is 6. The number of hydrogen-bond donors (Lipinski definition) is 3. The predicted molar refractivity (Wildman–Crippen MR) is 78.6 cm³/mol. The average Bonchev–Trinajstić information content (AvgIpc) is 2.47. The van der Waals surface area contributed by atoms with Crippen LogP contribution < -0.4 is 11.5 Å². The Bertz CT molecular complexity index is 661. The summed E-state index contributed by atoms with van der Waals surface area (Å²) in [5.74, 6) is 0.617. The van der Waals surface area contributed by atoms with Crippen LogP contribution in [0, 0.1) is 0 Å². The third-order valence-corrected chi connectivity index (χ3v) is 4.06. The average molecular weight is 284 g/mol. The number of anilines is 1. The van der Waals surface area contributed by atoms with Crippen LogP contribution in [0.2, 0.25) is 0 Å². The molecule has 0 amide bonds. The van der Waals surface area contributed by atoms with Crippen LogP contribution in [-0.4, -0.2) is 26.0 Å². The molecule has 1 fully saturated rings. The van der Waals surface area contributed by atoms with E-state index >= 15 is 0 Å². The molecule has 0 bridgehead atoms. The molecule has 3 rings (SSSR count). The summed E-state index contributed by atoms with van der Waals surface area (Å²) in [5.41, 5.74) is 13.3. The van der Waals surface area contributed by atoms with Crippen molar-refractivity contribution in [2.45, 2.75) is 24.7 Å². The molecular formula is C14H16N6O. The van der Waals surface area contributed by atoms with Crippen molar-refractivity contribution in [3.05, 3.63) is 36.3 Å². The first-order chi connectivity index (χ1) is 10.2. The van der Waals surface area contributed by atoms with Gasteiger partial charge in [0.05, 0.1) is 23.5 Å². The van der Waals surface area contributed by atoms with Gasteiger partial charge in [-0.3, -0.25) is 4.98 Å². The third kappa shape index (κ3) is 2.16. The van der Waals surface area contributed by atoms with E-state index in [0.29, 0.717) is 17.2 Å². The van der Waals surface area contributed by atoms with Crippen molar-refractivity contribution in [2.24, 2.45) is 10.9 Å². The molecule has 0 aromatic carbocycles. The second-order valence-electron chi connectivity index (χ2n) is 5.18. The van der Waals surface area contributed by atoms with E-state index in [-0.39, 0.29) is 11.3 Å². The molecule has 0 unspecified atom stereocenters. The highest BCUT2D eigenvalue weighted by molar-refractivity contribution is 5.92. The van der Waals surface area contributed by atoms with Crippen molar-refractivity contribution < 1.29 is 5.21 Å². The molecule has 1 aliphatic rings. The zero-order valence-corrected chi connectivity index (χ0v) is 11.4. The number of nitrogen functional groups attached to an aromatic ring is 1. The lowest BCUT2D eigenvalue weighted by Gasteiger charge is -2.40. The lowest BCUT2D eigenvalue weighted by atomic mass is 9.64. The van der Waals surface area contributed by atoms with Gasteiger partial charge in [0.1, 0.15) is 17.3 Å². The van der Waals surface area contributed by atoms with Crippen LogP contribution in [0.3, 0.4) is 0 Å². The molecule has 7 heteroatoms. The molecule has 1 aliphatic carbocycles. The topological polar surface area (TPSA) is 123 Å². The molecule has 21 heavy (non-hydrogen) atoms. The Hall–Kier alpha value is -2.70. The molecule has 2 heterocycles. The zero-order valence-electron chi connectivity index (χ0n) is 11.4. The summed E-state index contributed by atoms with van der Waals surface area (Å²) in [6, 6.07) is 3.80. The van der Waals surface area contributed by atoms with Crippen LogP contribution in [-0.2, 0) is 5.41 Å². The smallest absolute Gasteiger partial charge is 0.149 e. The number of aromatic nitrogens is 3. The quantitative estimate of drug-likeness (QED) is 0.338. The van der Waals surface area contributed by atoms with E-state index in [9.17, 15) is 0 Å². The first-order valence-electron chi connectivity index (χ1n) is 6.68. The van der Waals surface area contributed by atoms with E-state index in [0.717, 1.165) is 24.8 Å². The fourth-order valence-electron chi connectivity index (χ4n) is 2.62. The van der Waals surface area contributed by atoms with Crippen LogP contribution >= 0.6 is 0 Å².